The molecule has 110 valence electrons. The first kappa shape index (κ1) is 14.7. The predicted molar refractivity (Wildman–Crippen MR) is 69.8 cm³/mol. The quantitative estimate of drug-likeness (QED) is 0.414. The molecule has 0 aliphatic rings. The molecule has 0 amide bonds. The molecule has 0 saturated carbocycles. The molecule has 0 radical (unpaired) electrons. The van der Waals surface area contributed by atoms with Crippen LogP contribution >= 0.6 is 7.82 Å². The number of nitrogens with two attached hydrogens (primary N) is 1. The fourth-order valence-corrected chi connectivity index (χ4v) is 2.07. The lowest BCUT2D eigenvalue weighted by molar-refractivity contribution is 0.193. The fourth-order valence-electron chi connectivity index (χ4n) is 1.70. The Morgan fingerprint density at radius 3 is 2.90 bits per heavy atom. The van der Waals surface area contributed by atoms with Gasteiger partial charge in [-0.2, -0.15) is 4.98 Å². The second-order valence-corrected chi connectivity index (χ2v) is 5.33. The summed E-state index contributed by atoms with van der Waals surface area (Å²) in [6.45, 7) is 0.434. The minimum atomic E-state index is -4.41. The molecule has 11 heteroatoms. The van der Waals surface area contributed by atoms with E-state index in [1.54, 1.807) is 4.57 Å². The first-order valence-electron chi connectivity index (χ1n) is 5.77. The zero-order chi connectivity index (χ0) is 14.8. The lowest BCUT2D eigenvalue weighted by Crippen LogP contribution is -2.12. The Morgan fingerprint density at radius 1 is 1.45 bits per heavy atom. The molecule has 20 heavy (non-hydrogen) atoms. The highest BCUT2D eigenvalue weighted by atomic mass is 31.2. The van der Waals surface area contributed by atoms with Crippen LogP contribution in [0.25, 0.3) is 11.2 Å². The van der Waals surface area contributed by atoms with Crippen molar-refractivity contribution < 1.29 is 18.9 Å². The van der Waals surface area contributed by atoms with Crippen LogP contribution in [-0.4, -0.2) is 35.9 Å². The number of phosphoric acid groups is 1. The zero-order valence-electron chi connectivity index (χ0n) is 10.4. The van der Waals surface area contributed by atoms with E-state index < -0.39 is 13.4 Å². The maximum absolute atomic E-state index is 11.5. The Morgan fingerprint density at radius 2 is 2.20 bits per heavy atom. The number of hydrogen-bond donors (Lipinski definition) is 4. The monoisotopic (exact) mass is 303 g/mol. The predicted octanol–water partition coefficient (Wildman–Crippen LogP) is -0.409. The molecule has 2 aromatic heterocycles. The number of aromatic amines is 1. The van der Waals surface area contributed by atoms with E-state index >= 15 is 0 Å². The number of nitrogen functional groups attached to an aromatic ring is 1. The number of rotatable bonds is 6. The minimum absolute atomic E-state index is 0.00841. The van der Waals surface area contributed by atoms with Crippen LogP contribution in [0.4, 0.5) is 5.95 Å². The summed E-state index contributed by atoms with van der Waals surface area (Å²) in [6.07, 6.45) is 2.50. The lowest BCUT2D eigenvalue weighted by Gasteiger charge is -2.06. The van der Waals surface area contributed by atoms with Gasteiger partial charge in [0.05, 0.1) is 12.9 Å². The topological polar surface area (TPSA) is 156 Å². The second kappa shape index (κ2) is 5.71. The van der Waals surface area contributed by atoms with Gasteiger partial charge in [0, 0.05) is 6.54 Å². The van der Waals surface area contributed by atoms with E-state index in [2.05, 4.69) is 19.5 Å². The number of fused-ring (bicyclic) bond motifs is 1. The van der Waals surface area contributed by atoms with Gasteiger partial charge in [-0.1, -0.05) is 0 Å². The molecule has 2 heterocycles. The summed E-state index contributed by atoms with van der Waals surface area (Å²) in [5.74, 6) is 0.00841. The summed E-state index contributed by atoms with van der Waals surface area (Å²) >= 11 is 0. The number of aryl methyl sites for hydroxylation is 1. The van der Waals surface area contributed by atoms with E-state index in [9.17, 15) is 9.36 Å². The highest BCUT2D eigenvalue weighted by molar-refractivity contribution is 7.46. The number of hydrogen-bond acceptors (Lipinski definition) is 6. The smallest absolute Gasteiger partial charge is 0.369 e. The lowest BCUT2D eigenvalue weighted by atomic mass is 10.3. The van der Waals surface area contributed by atoms with Crippen molar-refractivity contribution in [3.63, 3.8) is 0 Å². The van der Waals surface area contributed by atoms with E-state index in [-0.39, 0.29) is 18.1 Å². The molecule has 0 aliphatic heterocycles. The molecular weight excluding hydrogens is 289 g/mol. The van der Waals surface area contributed by atoms with Crippen LogP contribution in [-0.2, 0) is 15.6 Å². The SMILES string of the molecule is Nc1nc2c(ncn2CCCCOP(=O)(O)O)c(=O)[nH]1. The average molecular weight is 303 g/mol. The Hall–Kier alpha value is -1.74. The van der Waals surface area contributed by atoms with Crippen molar-refractivity contribution in [3.8, 4) is 0 Å². The Bertz CT molecular complexity index is 704. The number of imidazole rings is 1. The molecule has 2 aromatic rings. The number of aromatic nitrogens is 4. The largest absolute Gasteiger partial charge is 0.469 e. The third kappa shape index (κ3) is 3.64. The molecule has 0 fully saturated rings. The van der Waals surface area contributed by atoms with Gasteiger partial charge in [0.25, 0.3) is 5.56 Å². The second-order valence-electron chi connectivity index (χ2n) is 4.09. The summed E-state index contributed by atoms with van der Waals surface area (Å²) in [4.78, 5) is 38.9. The fraction of sp³-hybridized carbons (Fsp3) is 0.444. The third-order valence-electron chi connectivity index (χ3n) is 2.55. The zero-order valence-corrected chi connectivity index (χ0v) is 11.3. The van der Waals surface area contributed by atoms with Crippen molar-refractivity contribution in [2.75, 3.05) is 12.3 Å². The molecule has 0 unspecified atom stereocenters. The highest BCUT2D eigenvalue weighted by Crippen LogP contribution is 2.35. The number of nitrogens with one attached hydrogen (secondary N) is 1. The number of unbranched alkanes of at least 4 members (excludes halogenated alkanes) is 1. The number of H-pyrrole nitrogens is 1. The highest BCUT2D eigenvalue weighted by Gasteiger charge is 2.13. The molecule has 0 aromatic carbocycles. The number of nitrogens with zero attached hydrogens (tertiary/aromatic N) is 3. The van der Waals surface area contributed by atoms with Crippen molar-refractivity contribution >= 4 is 24.9 Å². The van der Waals surface area contributed by atoms with Gasteiger partial charge in [0.15, 0.2) is 11.2 Å². The van der Waals surface area contributed by atoms with Gasteiger partial charge in [0.2, 0.25) is 5.95 Å². The van der Waals surface area contributed by atoms with Crippen LogP contribution in [0.15, 0.2) is 11.1 Å². The Balaban J connectivity index is 1.97. The van der Waals surface area contributed by atoms with Crippen molar-refractivity contribution in [2.45, 2.75) is 19.4 Å². The summed E-state index contributed by atoms with van der Waals surface area (Å²) in [5.41, 5.74) is 5.63. The summed E-state index contributed by atoms with van der Waals surface area (Å²) in [6, 6.07) is 0. The van der Waals surface area contributed by atoms with Crippen LogP contribution in [0, 0.1) is 0 Å². The third-order valence-corrected chi connectivity index (χ3v) is 3.06. The Labute approximate surface area is 112 Å². The van der Waals surface area contributed by atoms with Crippen molar-refractivity contribution in [2.24, 2.45) is 0 Å². The molecule has 0 aliphatic carbocycles. The molecule has 0 atom stereocenters. The van der Waals surface area contributed by atoms with Crippen LogP contribution in [0.1, 0.15) is 12.8 Å². The summed E-state index contributed by atoms with van der Waals surface area (Å²) in [7, 11) is -4.41. The number of anilines is 1. The van der Waals surface area contributed by atoms with Gasteiger partial charge >= 0.3 is 7.82 Å². The molecule has 5 N–H and O–H groups in total. The molecular formula is C9H14N5O5P. The van der Waals surface area contributed by atoms with Crippen LogP contribution in [0.5, 0.6) is 0 Å². The van der Waals surface area contributed by atoms with E-state index in [4.69, 9.17) is 15.5 Å². The van der Waals surface area contributed by atoms with Gasteiger partial charge < -0.3 is 20.1 Å². The van der Waals surface area contributed by atoms with Gasteiger partial charge in [0.1, 0.15) is 0 Å². The van der Waals surface area contributed by atoms with E-state index in [1.807, 2.05) is 0 Å². The van der Waals surface area contributed by atoms with Crippen LogP contribution in [0.3, 0.4) is 0 Å². The van der Waals surface area contributed by atoms with Gasteiger partial charge in [-0.15, -0.1) is 0 Å². The van der Waals surface area contributed by atoms with E-state index in [0.29, 0.717) is 25.0 Å². The van der Waals surface area contributed by atoms with Gasteiger partial charge in [-0.05, 0) is 12.8 Å². The van der Waals surface area contributed by atoms with Gasteiger partial charge in [-0.3, -0.25) is 14.3 Å². The molecule has 0 bridgehead atoms. The minimum Gasteiger partial charge on any atom is -0.369 e. The number of phosphoric ester groups is 1. The molecule has 0 saturated heterocycles. The summed E-state index contributed by atoms with van der Waals surface area (Å²) in [5, 5.41) is 0. The average Bonchev–Trinajstić information content (AvgIpc) is 2.70. The molecule has 2 rings (SSSR count). The van der Waals surface area contributed by atoms with Crippen LogP contribution in [0.2, 0.25) is 0 Å². The Kier molecular flexibility index (Phi) is 4.19. The standard InChI is InChI=1S/C9H14N5O5P/c10-9-12-7-6(8(15)13-9)11-5-14(7)3-1-2-4-19-20(16,17)18/h5H,1-4H2,(H2,16,17,18)(H3,10,12,13,15). The first-order valence-corrected chi connectivity index (χ1v) is 7.30. The van der Waals surface area contributed by atoms with E-state index in [1.165, 1.54) is 6.33 Å². The first-order chi connectivity index (χ1) is 9.37. The normalized spacial score (nSPS) is 12.1. The summed E-state index contributed by atoms with van der Waals surface area (Å²) < 4.78 is 16.4. The van der Waals surface area contributed by atoms with Gasteiger partial charge in [-0.25, -0.2) is 9.55 Å². The maximum Gasteiger partial charge on any atom is 0.469 e. The molecule has 10 nitrogen and oxygen atoms in total. The van der Waals surface area contributed by atoms with Crippen molar-refractivity contribution in [1.82, 2.24) is 19.5 Å². The molecule has 0 spiro atoms. The van der Waals surface area contributed by atoms with Crippen LogP contribution < -0.4 is 11.3 Å². The maximum atomic E-state index is 11.5. The van der Waals surface area contributed by atoms with Crippen molar-refractivity contribution in [3.05, 3.63) is 16.7 Å². The van der Waals surface area contributed by atoms with E-state index in [0.717, 1.165) is 0 Å². The van der Waals surface area contributed by atoms with Crippen molar-refractivity contribution in [1.29, 1.82) is 0 Å².